The van der Waals surface area contributed by atoms with E-state index in [9.17, 15) is 0 Å². The number of anilines is 2. The standard InChI is InChI=1S/C14H22N4OS2/c1-5-19-6-10(8(2)3)17-14-12(13(15)18-21-14)11-7-20-9(4)16-11/h7-8,10,17H,5-6H2,1-4H3,(H2,15,18). The number of aryl methyl sites for hydroxylation is 1. The summed E-state index contributed by atoms with van der Waals surface area (Å²) in [5.74, 6) is 0.983. The van der Waals surface area contributed by atoms with Crippen molar-refractivity contribution in [1.82, 2.24) is 9.36 Å². The second-order valence-corrected chi connectivity index (χ2v) is 7.01. The minimum atomic E-state index is 0.225. The van der Waals surface area contributed by atoms with Crippen molar-refractivity contribution < 1.29 is 4.74 Å². The molecule has 1 unspecified atom stereocenters. The summed E-state index contributed by atoms with van der Waals surface area (Å²) in [5.41, 5.74) is 7.83. The lowest BCUT2D eigenvalue weighted by molar-refractivity contribution is 0.127. The van der Waals surface area contributed by atoms with Gasteiger partial charge in [0.25, 0.3) is 0 Å². The van der Waals surface area contributed by atoms with Gasteiger partial charge >= 0.3 is 0 Å². The van der Waals surface area contributed by atoms with Crippen molar-refractivity contribution in [2.75, 3.05) is 24.3 Å². The molecule has 0 saturated heterocycles. The fourth-order valence-electron chi connectivity index (χ4n) is 1.94. The van der Waals surface area contributed by atoms with Crippen LogP contribution in [0.5, 0.6) is 0 Å². The molecule has 5 nitrogen and oxygen atoms in total. The number of nitrogens with one attached hydrogen (secondary N) is 1. The Bertz CT molecular complexity index is 579. The molecule has 0 aliphatic carbocycles. The summed E-state index contributed by atoms with van der Waals surface area (Å²) in [4.78, 5) is 4.52. The molecule has 0 saturated carbocycles. The minimum Gasteiger partial charge on any atom is -0.382 e. The first-order chi connectivity index (χ1) is 10.0. The first-order valence-corrected chi connectivity index (χ1v) is 8.70. The van der Waals surface area contributed by atoms with Crippen LogP contribution in [0.4, 0.5) is 10.8 Å². The van der Waals surface area contributed by atoms with Crippen LogP contribution in [0.3, 0.4) is 0 Å². The van der Waals surface area contributed by atoms with Crippen molar-refractivity contribution in [1.29, 1.82) is 0 Å². The molecule has 0 bridgehead atoms. The summed E-state index contributed by atoms with van der Waals surface area (Å²) in [6.45, 7) is 9.73. The summed E-state index contributed by atoms with van der Waals surface area (Å²) >= 11 is 3.00. The van der Waals surface area contributed by atoms with Crippen molar-refractivity contribution in [2.24, 2.45) is 5.92 Å². The van der Waals surface area contributed by atoms with Gasteiger partial charge in [-0.2, -0.15) is 4.37 Å². The van der Waals surface area contributed by atoms with Crippen LogP contribution in [0.25, 0.3) is 11.3 Å². The van der Waals surface area contributed by atoms with Gasteiger partial charge in [0, 0.05) is 12.0 Å². The second kappa shape index (κ2) is 7.20. The lowest BCUT2D eigenvalue weighted by Gasteiger charge is -2.22. The van der Waals surface area contributed by atoms with E-state index in [1.807, 2.05) is 19.2 Å². The molecule has 0 radical (unpaired) electrons. The van der Waals surface area contributed by atoms with Crippen LogP contribution in [-0.4, -0.2) is 28.6 Å². The van der Waals surface area contributed by atoms with Gasteiger partial charge < -0.3 is 15.8 Å². The Morgan fingerprint density at radius 2 is 2.19 bits per heavy atom. The molecule has 3 N–H and O–H groups in total. The topological polar surface area (TPSA) is 73.1 Å². The SMILES string of the molecule is CCOCC(Nc1snc(N)c1-c1csc(C)n1)C(C)C. The Kier molecular flexibility index (Phi) is 5.55. The maximum atomic E-state index is 6.03. The summed E-state index contributed by atoms with van der Waals surface area (Å²) < 4.78 is 9.84. The third-order valence-corrected chi connectivity index (χ3v) is 4.78. The maximum absolute atomic E-state index is 6.03. The van der Waals surface area contributed by atoms with E-state index < -0.39 is 0 Å². The predicted molar refractivity (Wildman–Crippen MR) is 91.1 cm³/mol. The number of thiazole rings is 1. The van der Waals surface area contributed by atoms with Crippen LogP contribution < -0.4 is 11.1 Å². The van der Waals surface area contributed by atoms with Gasteiger partial charge in [-0.1, -0.05) is 13.8 Å². The van der Waals surface area contributed by atoms with E-state index in [0.717, 1.165) is 21.3 Å². The molecule has 1 atom stereocenters. The van der Waals surface area contributed by atoms with Crippen LogP contribution in [0.1, 0.15) is 25.8 Å². The molecule has 0 aliphatic heterocycles. The first-order valence-electron chi connectivity index (χ1n) is 7.04. The van der Waals surface area contributed by atoms with Crippen molar-refractivity contribution in [3.63, 3.8) is 0 Å². The molecular formula is C14H22N4OS2. The summed E-state index contributed by atoms with van der Waals surface area (Å²) in [6.07, 6.45) is 0. The third-order valence-electron chi connectivity index (χ3n) is 3.22. The van der Waals surface area contributed by atoms with Crippen LogP contribution in [0.2, 0.25) is 0 Å². The highest BCUT2D eigenvalue weighted by atomic mass is 32.1. The van der Waals surface area contributed by atoms with E-state index in [2.05, 4.69) is 28.5 Å². The molecule has 2 heterocycles. The van der Waals surface area contributed by atoms with Crippen molar-refractivity contribution in [3.05, 3.63) is 10.4 Å². The third kappa shape index (κ3) is 3.93. The van der Waals surface area contributed by atoms with Crippen molar-refractivity contribution >= 4 is 33.7 Å². The number of nitrogens with two attached hydrogens (primary N) is 1. The van der Waals surface area contributed by atoms with Gasteiger partial charge in [0.2, 0.25) is 0 Å². The Morgan fingerprint density at radius 3 is 2.76 bits per heavy atom. The number of nitrogen functional groups attached to an aromatic ring is 1. The van der Waals surface area contributed by atoms with Gasteiger partial charge in [0.05, 0.1) is 28.9 Å². The summed E-state index contributed by atoms with van der Waals surface area (Å²) in [5, 5.41) is 7.54. The zero-order valence-corrected chi connectivity index (χ0v) is 14.5. The smallest absolute Gasteiger partial charge is 0.148 e. The van der Waals surface area contributed by atoms with E-state index in [1.165, 1.54) is 11.5 Å². The molecule has 2 rings (SSSR count). The van der Waals surface area contributed by atoms with Crippen molar-refractivity contribution in [3.8, 4) is 11.3 Å². The van der Waals surface area contributed by atoms with Crippen molar-refractivity contribution in [2.45, 2.75) is 33.7 Å². The Balaban J connectivity index is 2.24. The number of aromatic nitrogens is 2. The monoisotopic (exact) mass is 326 g/mol. The van der Waals surface area contributed by atoms with Crippen LogP contribution in [0.15, 0.2) is 5.38 Å². The minimum absolute atomic E-state index is 0.225. The molecule has 7 heteroatoms. The van der Waals surface area contributed by atoms with Gasteiger partial charge in [-0.15, -0.1) is 11.3 Å². The molecule has 21 heavy (non-hydrogen) atoms. The van der Waals surface area contributed by atoms with Crippen LogP contribution in [0, 0.1) is 12.8 Å². The molecule has 0 fully saturated rings. The fourth-order valence-corrected chi connectivity index (χ4v) is 3.33. The average Bonchev–Trinajstić information content (AvgIpc) is 3.00. The quantitative estimate of drug-likeness (QED) is 0.813. The van der Waals surface area contributed by atoms with Gasteiger partial charge in [0.1, 0.15) is 10.8 Å². The molecule has 0 amide bonds. The van der Waals surface area contributed by atoms with Crippen LogP contribution >= 0.6 is 22.9 Å². The lowest BCUT2D eigenvalue weighted by Crippen LogP contribution is -2.30. The van der Waals surface area contributed by atoms with Gasteiger partial charge in [-0.3, -0.25) is 0 Å². The highest BCUT2D eigenvalue weighted by Crippen LogP contribution is 2.37. The second-order valence-electron chi connectivity index (χ2n) is 5.18. The highest BCUT2D eigenvalue weighted by Gasteiger charge is 2.20. The fraction of sp³-hybridized carbons (Fsp3) is 0.571. The summed E-state index contributed by atoms with van der Waals surface area (Å²) in [6, 6.07) is 0.225. The van der Waals surface area contributed by atoms with E-state index in [-0.39, 0.29) is 6.04 Å². The molecule has 0 spiro atoms. The Hall–Kier alpha value is -1.18. The highest BCUT2D eigenvalue weighted by molar-refractivity contribution is 7.11. The number of hydrogen-bond donors (Lipinski definition) is 2. The molecule has 0 aliphatic rings. The predicted octanol–water partition coefficient (Wildman–Crippen LogP) is 3.63. The normalized spacial score (nSPS) is 12.8. The van der Waals surface area contributed by atoms with E-state index in [4.69, 9.17) is 10.5 Å². The van der Waals surface area contributed by atoms with Gasteiger partial charge in [-0.05, 0) is 31.3 Å². The number of ether oxygens (including phenoxy) is 1. The maximum Gasteiger partial charge on any atom is 0.148 e. The average molecular weight is 326 g/mol. The first kappa shape index (κ1) is 16.2. The number of rotatable bonds is 7. The van der Waals surface area contributed by atoms with E-state index in [1.54, 1.807) is 11.3 Å². The molecule has 116 valence electrons. The Labute approximate surface area is 133 Å². The largest absolute Gasteiger partial charge is 0.382 e. The van der Waals surface area contributed by atoms with Gasteiger partial charge in [-0.25, -0.2) is 4.98 Å². The molecule has 2 aromatic rings. The van der Waals surface area contributed by atoms with E-state index >= 15 is 0 Å². The lowest BCUT2D eigenvalue weighted by atomic mass is 10.1. The van der Waals surface area contributed by atoms with Crippen LogP contribution in [-0.2, 0) is 4.74 Å². The number of nitrogens with zero attached hydrogens (tertiary/aromatic N) is 2. The van der Waals surface area contributed by atoms with E-state index in [0.29, 0.717) is 24.9 Å². The zero-order chi connectivity index (χ0) is 15.4. The van der Waals surface area contributed by atoms with Gasteiger partial charge in [0.15, 0.2) is 0 Å². The summed E-state index contributed by atoms with van der Waals surface area (Å²) in [7, 11) is 0. The molecule has 0 aromatic carbocycles. The molecular weight excluding hydrogens is 304 g/mol. The Morgan fingerprint density at radius 1 is 1.43 bits per heavy atom. The number of hydrogen-bond acceptors (Lipinski definition) is 7. The zero-order valence-electron chi connectivity index (χ0n) is 12.8. The molecule has 2 aromatic heterocycles.